The average Bonchev–Trinajstić information content (AvgIpc) is 2.78. The summed E-state index contributed by atoms with van der Waals surface area (Å²) in [6.45, 7) is -0.128. The molecule has 11 heteroatoms. The fraction of sp³-hybridized carbons (Fsp3) is 0.174. The van der Waals surface area contributed by atoms with Gasteiger partial charge in [-0.3, -0.25) is 9.10 Å². The molecule has 0 bridgehead atoms. The van der Waals surface area contributed by atoms with Gasteiger partial charge in [0.15, 0.2) is 11.5 Å². The minimum Gasteiger partial charge on any atom is -0.493 e. The van der Waals surface area contributed by atoms with E-state index in [4.69, 9.17) is 21.1 Å². The molecule has 0 aliphatic rings. The lowest BCUT2D eigenvalue weighted by Gasteiger charge is -2.26. The second-order valence-electron chi connectivity index (χ2n) is 7.20. The van der Waals surface area contributed by atoms with Gasteiger partial charge < -0.3 is 14.8 Å². The Morgan fingerprint density at radius 1 is 1.00 bits per heavy atom. The van der Waals surface area contributed by atoms with Gasteiger partial charge in [0.1, 0.15) is 11.6 Å². The number of methoxy groups -OCH3 is 2. The Labute approximate surface area is 200 Å². The molecule has 3 aromatic rings. The van der Waals surface area contributed by atoms with Crippen molar-refractivity contribution in [2.75, 3.05) is 30.1 Å². The highest BCUT2D eigenvalue weighted by Gasteiger charge is 2.27. The summed E-state index contributed by atoms with van der Waals surface area (Å²) in [6.07, 6.45) is 0.987. The summed E-state index contributed by atoms with van der Waals surface area (Å²) in [6, 6.07) is 11.8. The molecule has 0 aliphatic heterocycles. The maximum absolute atomic E-state index is 14.1. The Kier molecular flexibility index (Phi) is 7.63. The van der Waals surface area contributed by atoms with Crippen LogP contribution in [0.25, 0.3) is 0 Å². The number of hydrogen-bond acceptors (Lipinski definition) is 5. The van der Waals surface area contributed by atoms with Crippen LogP contribution >= 0.6 is 11.6 Å². The summed E-state index contributed by atoms with van der Waals surface area (Å²) in [7, 11) is -1.20. The van der Waals surface area contributed by atoms with E-state index >= 15 is 0 Å². The third-order valence-electron chi connectivity index (χ3n) is 4.83. The number of halogens is 3. The van der Waals surface area contributed by atoms with E-state index in [9.17, 15) is 22.0 Å². The van der Waals surface area contributed by atoms with Crippen molar-refractivity contribution < 1.29 is 31.5 Å². The number of anilines is 2. The monoisotopic (exact) mass is 510 g/mol. The van der Waals surface area contributed by atoms with E-state index in [0.717, 1.165) is 22.7 Å². The van der Waals surface area contributed by atoms with Crippen LogP contribution < -0.4 is 19.1 Å². The van der Waals surface area contributed by atoms with Crippen molar-refractivity contribution in [3.05, 3.63) is 82.4 Å². The van der Waals surface area contributed by atoms with Crippen molar-refractivity contribution in [1.29, 1.82) is 0 Å². The molecule has 0 fully saturated rings. The van der Waals surface area contributed by atoms with Gasteiger partial charge in [0.25, 0.3) is 5.91 Å². The molecule has 0 aromatic heterocycles. The van der Waals surface area contributed by atoms with Gasteiger partial charge >= 0.3 is 0 Å². The summed E-state index contributed by atoms with van der Waals surface area (Å²) in [5.74, 6) is -2.32. The van der Waals surface area contributed by atoms with E-state index in [-0.39, 0.29) is 35.0 Å². The summed E-state index contributed by atoms with van der Waals surface area (Å²) < 4.78 is 64.5. The van der Waals surface area contributed by atoms with Crippen LogP contribution in [-0.4, -0.2) is 34.8 Å². The first kappa shape index (κ1) is 25.3. The van der Waals surface area contributed by atoms with Gasteiger partial charge in [0, 0.05) is 17.2 Å². The van der Waals surface area contributed by atoms with Gasteiger partial charge in [-0.15, -0.1) is 0 Å². The number of rotatable bonds is 8. The van der Waals surface area contributed by atoms with E-state index in [1.165, 1.54) is 26.4 Å². The Hall–Kier alpha value is -3.37. The molecule has 0 heterocycles. The molecule has 0 saturated heterocycles. The standard InChI is InChI=1S/C23H21ClF2N2O5S/c1-32-21-11-17(23(29)27-19-9-8-16(25)10-18(19)26)20(12-22(21)33-2)28(34(3,30)31)13-14-4-6-15(24)7-5-14/h4-12H,13H2,1-3H3,(H,27,29). The topological polar surface area (TPSA) is 84.9 Å². The number of carbonyl (C=O) groups excluding carboxylic acids is 1. The van der Waals surface area contributed by atoms with Gasteiger partial charge in [-0.1, -0.05) is 23.7 Å². The highest BCUT2D eigenvalue weighted by Crippen LogP contribution is 2.37. The minimum atomic E-state index is -3.91. The fourth-order valence-corrected chi connectivity index (χ4v) is 4.19. The molecule has 34 heavy (non-hydrogen) atoms. The van der Waals surface area contributed by atoms with Gasteiger partial charge in [-0.25, -0.2) is 17.2 Å². The highest BCUT2D eigenvalue weighted by molar-refractivity contribution is 7.92. The average molecular weight is 511 g/mol. The summed E-state index contributed by atoms with van der Waals surface area (Å²) >= 11 is 5.93. The Balaban J connectivity index is 2.14. The second kappa shape index (κ2) is 10.3. The first-order chi connectivity index (χ1) is 16.0. The molecule has 0 spiro atoms. The van der Waals surface area contributed by atoms with Crippen LogP contribution in [0.5, 0.6) is 11.5 Å². The van der Waals surface area contributed by atoms with E-state index in [2.05, 4.69) is 5.32 Å². The number of amides is 1. The van der Waals surface area contributed by atoms with Crippen LogP contribution in [0.4, 0.5) is 20.2 Å². The molecule has 180 valence electrons. The molecule has 1 amide bonds. The number of ether oxygens (including phenoxy) is 2. The van der Waals surface area contributed by atoms with Crippen LogP contribution in [0, 0.1) is 11.6 Å². The minimum absolute atomic E-state index is 0.0323. The van der Waals surface area contributed by atoms with E-state index in [1.807, 2.05) is 0 Å². The second-order valence-corrected chi connectivity index (χ2v) is 9.54. The largest absolute Gasteiger partial charge is 0.493 e. The zero-order valence-corrected chi connectivity index (χ0v) is 20.0. The predicted octanol–water partition coefficient (Wildman–Crippen LogP) is 4.85. The SMILES string of the molecule is COc1cc(C(=O)Nc2ccc(F)cc2F)c(N(Cc2ccc(Cl)cc2)S(C)(=O)=O)cc1OC. The predicted molar refractivity (Wildman–Crippen MR) is 126 cm³/mol. The molecule has 3 rings (SSSR count). The van der Waals surface area contributed by atoms with Crippen molar-refractivity contribution in [1.82, 2.24) is 0 Å². The quantitative estimate of drug-likeness (QED) is 0.468. The normalized spacial score (nSPS) is 11.1. The number of carbonyl (C=O) groups is 1. The zero-order valence-electron chi connectivity index (χ0n) is 18.4. The third-order valence-corrected chi connectivity index (χ3v) is 6.21. The van der Waals surface area contributed by atoms with Gasteiger partial charge in [0.05, 0.1) is 44.0 Å². The molecular formula is C23H21ClF2N2O5S. The smallest absolute Gasteiger partial charge is 0.258 e. The number of nitrogens with one attached hydrogen (secondary N) is 1. The maximum atomic E-state index is 14.1. The molecule has 1 N–H and O–H groups in total. The zero-order chi connectivity index (χ0) is 25.0. The molecule has 0 atom stereocenters. The van der Waals surface area contributed by atoms with Crippen LogP contribution in [0.3, 0.4) is 0 Å². The lowest BCUT2D eigenvalue weighted by atomic mass is 10.1. The summed E-state index contributed by atoms with van der Waals surface area (Å²) in [5.41, 5.74) is 0.146. The van der Waals surface area contributed by atoms with Crippen LogP contribution in [0.1, 0.15) is 15.9 Å². The molecular weight excluding hydrogens is 490 g/mol. The van der Waals surface area contributed by atoms with Crippen molar-refractivity contribution >= 4 is 38.9 Å². The first-order valence-electron chi connectivity index (χ1n) is 9.78. The maximum Gasteiger partial charge on any atom is 0.258 e. The number of benzene rings is 3. The van der Waals surface area contributed by atoms with Crippen LogP contribution in [0.15, 0.2) is 54.6 Å². The van der Waals surface area contributed by atoms with E-state index in [1.54, 1.807) is 24.3 Å². The first-order valence-corrected chi connectivity index (χ1v) is 12.0. The Bertz CT molecular complexity index is 1320. The van der Waals surface area contributed by atoms with Crippen molar-refractivity contribution in [3.63, 3.8) is 0 Å². The molecule has 3 aromatic carbocycles. The molecule has 7 nitrogen and oxygen atoms in total. The lowest BCUT2D eigenvalue weighted by Crippen LogP contribution is -2.31. The van der Waals surface area contributed by atoms with Gasteiger partial charge in [0.2, 0.25) is 10.0 Å². The molecule has 0 radical (unpaired) electrons. The Morgan fingerprint density at radius 3 is 2.18 bits per heavy atom. The fourth-order valence-electron chi connectivity index (χ4n) is 3.17. The summed E-state index contributed by atoms with van der Waals surface area (Å²) in [5, 5.41) is 2.82. The van der Waals surface area contributed by atoms with Crippen LogP contribution in [-0.2, 0) is 16.6 Å². The van der Waals surface area contributed by atoms with Crippen molar-refractivity contribution in [2.24, 2.45) is 0 Å². The van der Waals surface area contributed by atoms with Crippen molar-refractivity contribution in [2.45, 2.75) is 6.54 Å². The third kappa shape index (κ3) is 5.75. The number of hydrogen-bond donors (Lipinski definition) is 1. The van der Waals surface area contributed by atoms with E-state index < -0.39 is 27.6 Å². The number of sulfonamides is 1. The summed E-state index contributed by atoms with van der Waals surface area (Å²) in [4.78, 5) is 13.2. The molecule has 0 saturated carbocycles. The molecule has 0 unspecified atom stereocenters. The van der Waals surface area contributed by atoms with Crippen molar-refractivity contribution in [3.8, 4) is 11.5 Å². The number of nitrogens with zero attached hydrogens (tertiary/aromatic N) is 1. The van der Waals surface area contributed by atoms with Gasteiger partial charge in [-0.2, -0.15) is 0 Å². The Morgan fingerprint density at radius 2 is 1.62 bits per heavy atom. The van der Waals surface area contributed by atoms with E-state index in [0.29, 0.717) is 16.7 Å². The van der Waals surface area contributed by atoms with Gasteiger partial charge in [-0.05, 0) is 35.9 Å². The molecule has 0 aliphatic carbocycles. The lowest BCUT2D eigenvalue weighted by molar-refractivity contribution is 0.102. The highest BCUT2D eigenvalue weighted by atomic mass is 35.5. The van der Waals surface area contributed by atoms with Crippen LogP contribution in [0.2, 0.25) is 5.02 Å².